The highest BCUT2D eigenvalue weighted by Crippen LogP contribution is 2.19. The first kappa shape index (κ1) is 14.2. The van der Waals surface area contributed by atoms with Crippen molar-refractivity contribution in [1.82, 2.24) is 9.97 Å². The maximum Gasteiger partial charge on any atom is 0.265 e. The van der Waals surface area contributed by atoms with Crippen LogP contribution in [-0.4, -0.2) is 9.97 Å². The lowest BCUT2D eigenvalue weighted by Crippen LogP contribution is -2.15. The normalized spacial score (nSPS) is 10.7. The van der Waals surface area contributed by atoms with E-state index in [0.717, 1.165) is 5.56 Å². The molecule has 0 aliphatic carbocycles. The summed E-state index contributed by atoms with van der Waals surface area (Å²) in [5.74, 6) is 0.124. The zero-order chi connectivity index (χ0) is 14.0. The van der Waals surface area contributed by atoms with Crippen molar-refractivity contribution in [3.8, 4) is 0 Å². The monoisotopic (exact) mass is 344 g/mol. The van der Waals surface area contributed by atoms with E-state index < -0.39 is 0 Å². The predicted molar refractivity (Wildman–Crippen MR) is 76.2 cm³/mol. The maximum absolute atomic E-state index is 13.0. The van der Waals surface area contributed by atoms with Crippen LogP contribution < -0.4 is 5.56 Å². The summed E-state index contributed by atoms with van der Waals surface area (Å²) < 4.78 is 13.4. The number of rotatable bonds is 3. The fourth-order valence-electron chi connectivity index (χ4n) is 1.72. The molecule has 0 spiro atoms. The van der Waals surface area contributed by atoms with Crippen molar-refractivity contribution >= 4 is 27.5 Å². The first-order valence-corrected chi connectivity index (χ1v) is 6.90. The Kier molecular flexibility index (Phi) is 4.37. The summed E-state index contributed by atoms with van der Waals surface area (Å²) in [5, 5.41) is 0.323. The van der Waals surface area contributed by atoms with E-state index in [1.807, 2.05) is 6.92 Å². The number of aromatic nitrogens is 2. The lowest BCUT2D eigenvalue weighted by Gasteiger charge is -2.06. The Morgan fingerprint density at radius 2 is 2.21 bits per heavy atom. The first-order valence-electron chi connectivity index (χ1n) is 5.72. The fourth-order valence-corrected chi connectivity index (χ4v) is 2.42. The molecule has 100 valence electrons. The van der Waals surface area contributed by atoms with Crippen molar-refractivity contribution in [2.45, 2.75) is 19.8 Å². The fraction of sp³-hybridized carbons (Fsp3) is 0.231. The Labute approximate surface area is 123 Å². The Morgan fingerprint density at radius 3 is 2.84 bits per heavy atom. The van der Waals surface area contributed by atoms with Crippen LogP contribution in [0.1, 0.15) is 24.0 Å². The van der Waals surface area contributed by atoms with Crippen molar-refractivity contribution in [2.24, 2.45) is 0 Å². The third kappa shape index (κ3) is 3.22. The Hall–Kier alpha value is -1.20. The molecule has 0 bridgehead atoms. The number of hydrogen-bond donors (Lipinski definition) is 1. The van der Waals surface area contributed by atoms with Gasteiger partial charge in [0.1, 0.15) is 16.1 Å². The number of hydrogen-bond acceptors (Lipinski definition) is 2. The topological polar surface area (TPSA) is 45.8 Å². The summed E-state index contributed by atoms with van der Waals surface area (Å²) in [5.41, 5.74) is 1.19. The van der Waals surface area contributed by atoms with Gasteiger partial charge in [-0.3, -0.25) is 4.79 Å². The molecule has 0 amide bonds. The van der Waals surface area contributed by atoms with E-state index in [4.69, 9.17) is 11.6 Å². The zero-order valence-electron chi connectivity index (χ0n) is 10.1. The number of nitrogens with zero attached hydrogens (tertiary/aromatic N) is 1. The summed E-state index contributed by atoms with van der Waals surface area (Å²) in [6.07, 6.45) is 1.00. The second-order valence-electron chi connectivity index (χ2n) is 4.04. The third-order valence-corrected chi connectivity index (χ3v) is 3.86. The van der Waals surface area contributed by atoms with Crippen LogP contribution >= 0.6 is 27.5 Å². The van der Waals surface area contributed by atoms with E-state index in [-0.39, 0.29) is 11.4 Å². The first-order chi connectivity index (χ1) is 9.01. The second-order valence-corrected chi connectivity index (χ2v) is 5.24. The minimum atomic E-state index is -0.389. The van der Waals surface area contributed by atoms with Gasteiger partial charge >= 0.3 is 0 Å². The van der Waals surface area contributed by atoms with Crippen LogP contribution in [0.5, 0.6) is 0 Å². The number of benzene rings is 1. The number of nitrogens with one attached hydrogen (secondary N) is 1. The lowest BCUT2D eigenvalue weighted by atomic mass is 10.1. The highest BCUT2D eigenvalue weighted by atomic mass is 79.9. The van der Waals surface area contributed by atoms with Crippen LogP contribution in [0, 0.1) is 5.82 Å². The number of aromatic amines is 1. The van der Waals surface area contributed by atoms with E-state index in [1.54, 1.807) is 6.07 Å². The Balaban J connectivity index is 2.38. The largest absolute Gasteiger partial charge is 0.309 e. The Morgan fingerprint density at radius 1 is 1.47 bits per heavy atom. The molecule has 2 rings (SSSR count). The molecule has 0 saturated heterocycles. The highest BCUT2D eigenvalue weighted by Gasteiger charge is 2.10. The van der Waals surface area contributed by atoms with Crippen LogP contribution in [0.2, 0.25) is 5.02 Å². The van der Waals surface area contributed by atoms with Gasteiger partial charge in [-0.25, -0.2) is 9.37 Å². The molecule has 0 radical (unpaired) electrons. The molecule has 0 fully saturated rings. The zero-order valence-corrected chi connectivity index (χ0v) is 12.5. The van der Waals surface area contributed by atoms with Gasteiger partial charge in [-0.1, -0.05) is 24.6 Å². The van der Waals surface area contributed by atoms with E-state index in [9.17, 15) is 9.18 Å². The van der Waals surface area contributed by atoms with Gasteiger partial charge in [0, 0.05) is 11.4 Å². The maximum atomic E-state index is 13.0. The molecule has 0 atom stereocenters. The van der Waals surface area contributed by atoms with Gasteiger partial charge in [-0.15, -0.1) is 0 Å². The molecule has 0 unspecified atom stereocenters. The molecule has 1 N–H and O–H groups in total. The van der Waals surface area contributed by atoms with E-state index in [0.29, 0.717) is 33.9 Å². The quantitative estimate of drug-likeness (QED) is 0.926. The molecular weight excluding hydrogens is 335 g/mol. The minimum Gasteiger partial charge on any atom is -0.309 e. The molecule has 6 heteroatoms. The molecule has 0 aliphatic rings. The van der Waals surface area contributed by atoms with Gasteiger partial charge in [0.15, 0.2) is 0 Å². The number of H-pyrrole nitrogens is 1. The van der Waals surface area contributed by atoms with E-state index in [1.165, 1.54) is 12.1 Å². The summed E-state index contributed by atoms with van der Waals surface area (Å²) in [6.45, 7) is 1.92. The molecule has 1 aromatic carbocycles. The number of aryl methyl sites for hydroxylation is 1. The summed E-state index contributed by atoms with van der Waals surface area (Å²) in [6, 6.07) is 4.17. The second kappa shape index (κ2) is 5.84. The SMILES string of the molecule is CCc1nc(Cc2ccc(F)cc2Cl)[nH]c(=O)c1Br. The molecule has 3 nitrogen and oxygen atoms in total. The molecule has 0 aliphatic heterocycles. The van der Waals surface area contributed by atoms with Crippen LogP contribution in [0.3, 0.4) is 0 Å². The molecular formula is C13H11BrClFN2O. The van der Waals surface area contributed by atoms with Crippen LogP contribution in [0.4, 0.5) is 4.39 Å². The van der Waals surface area contributed by atoms with E-state index in [2.05, 4.69) is 25.9 Å². The third-order valence-electron chi connectivity index (χ3n) is 2.69. The molecule has 2 aromatic rings. The van der Waals surface area contributed by atoms with Gasteiger partial charge in [-0.2, -0.15) is 0 Å². The average molecular weight is 346 g/mol. The molecule has 0 saturated carbocycles. The predicted octanol–water partition coefficient (Wildman–Crippen LogP) is 3.48. The van der Waals surface area contributed by atoms with Gasteiger partial charge in [-0.05, 0) is 40.0 Å². The van der Waals surface area contributed by atoms with E-state index >= 15 is 0 Å². The summed E-state index contributed by atoms with van der Waals surface area (Å²) in [4.78, 5) is 18.7. The summed E-state index contributed by atoms with van der Waals surface area (Å²) in [7, 11) is 0. The van der Waals surface area contributed by atoms with Crippen molar-refractivity contribution in [2.75, 3.05) is 0 Å². The molecule has 19 heavy (non-hydrogen) atoms. The number of halogens is 3. The minimum absolute atomic E-state index is 0.222. The van der Waals surface area contributed by atoms with Crippen molar-refractivity contribution in [3.63, 3.8) is 0 Å². The molecule has 1 heterocycles. The molecule has 1 aromatic heterocycles. The summed E-state index contributed by atoms with van der Waals surface area (Å²) >= 11 is 9.16. The van der Waals surface area contributed by atoms with Crippen LogP contribution in [0.25, 0.3) is 0 Å². The van der Waals surface area contributed by atoms with Crippen LogP contribution in [0.15, 0.2) is 27.5 Å². The van der Waals surface area contributed by atoms with Crippen LogP contribution in [-0.2, 0) is 12.8 Å². The van der Waals surface area contributed by atoms with Gasteiger partial charge in [0.25, 0.3) is 5.56 Å². The van der Waals surface area contributed by atoms with Crippen molar-refractivity contribution < 1.29 is 4.39 Å². The van der Waals surface area contributed by atoms with Crippen molar-refractivity contribution in [1.29, 1.82) is 0 Å². The lowest BCUT2D eigenvalue weighted by molar-refractivity contribution is 0.627. The Bertz CT molecular complexity index is 672. The van der Waals surface area contributed by atoms with Crippen molar-refractivity contribution in [3.05, 3.63) is 60.9 Å². The van der Waals surface area contributed by atoms with Gasteiger partial charge in [0.2, 0.25) is 0 Å². The standard InChI is InChI=1S/C13H11BrClFN2O/c1-2-10-12(14)13(19)18-11(17-10)5-7-3-4-8(16)6-9(7)15/h3-4,6H,2,5H2,1H3,(H,17,18,19). The highest BCUT2D eigenvalue weighted by molar-refractivity contribution is 9.10. The van der Waals surface area contributed by atoms with Gasteiger partial charge in [0.05, 0.1) is 5.69 Å². The average Bonchev–Trinajstić information content (AvgIpc) is 2.37. The van der Waals surface area contributed by atoms with Gasteiger partial charge < -0.3 is 4.98 Å². The smallest absolute Gasteiger partial charge is 0.265 e.